The lowest BCUT2D eigenvalue weighted by atomic mass is 10.0. The Morgan fingerprint density at radius 2 is 2.38 bits per heavy atom. The molecule has 1 fully saturated rings. The van der Waals surface area contributed by atoms with Crippen LogP contribution in [0, 0.1) is 5.92 Å². The summed E-state index contributed by atoms with van der Waals surface area (Å²) in [6, 6.07) is 0. The van der Waals surface area contributed by atoms with E-state index in [1.54, 1.807) is 0 Å². The quantitative estimate of drug-likeness (QED) is 0.627. The fourth-order valence-electron chi connectivity index (χ4n) is 1.66. The van der Waals surface area contributed by atoms with Crippen LogP contribution in [0.25, 0.3) is 0 Å². The lowest BCUT2D eigenvalue weighted by Crippen LogP contribution is -2.35. The molecule has 2 unspecified atom stereocenters. The van der Waals surface area contributed by atoms with Gasteiger partial charge < -0.3 is 9.47 Å². The predicted molar refractivity (Wildman–Crippen MR) is 49.4 cm³/mol. The highest BCUT2D eigenvalue weighted by molar-refractivity contribution is 5.60. The second kappa shape index (κ2) is 4.20. The molecule has 3 heteroatoms. The van der Waals surface area contributed by atoms with Gasteiger partial charge in [-0.05, 0) is 19.3 Å². The SMILES string of the molecule is CCOC1(C=O)CCC(C(C)C)O1. The van der Waals surface area contributed by atoms with Gasteiger partial charge in [-0.1, -0.05) is 13.8 Å². The third-order valence-electron chi connectivity index (χ3n) is 2.44. The van der Waals surface area contributed by atoms with Crippen LogP contribution >= 0.6 is 0 Å². The van der Waals surface area contributed by atoms with Crippen molar-refractivity contribution in [2.75, 3.05) is 6.61 Å². The van der Waals surface area contributed by atoms with Gasteiger partial charge in [-0.2, -0.15) is 0 Å². The van der Waals surface area contributed by atoms with Gasteiger partial charge in [-0.3, -0.25) is 4.79 Å². The van der Waals surface area contributed by atoms with Crippen molar-refractivity contribution in [1.82, 2.24) is 0 Å². The molecule has 0 N–H and O–H groups in total. The first-order valence-corrected chi connectivity index (χ1v) is 4.91. The van der Waals surface area contributed by atoms with Gasteiger partial charge in [0.1, 0.15) is 0 Å². The molecule has 0 bridgehead atoms. The predicted octanol–water partition coefficient (Wildman–Crippen LogP) is 1.75. The molecule has 13 heavy (non-hydrogen) atoms. The van der Waals surface area contributed by atoms with Crippen LogP contribution in [0.3, 0.4) is 0 Å². The van der Waals surface area contributed by atoms with Gasteiger partial charge in [-0.25, -0.2) is 0 Å². The van der Waals surface area contributed by atoms with Crippen LogP contribution in [0.1, 0.15) is 33.6 Å². The average molecular weight is 186 g/mol. The Morgan fingerprint density at radius 3 is 2.77 bits per heavy atom. The summed E-state index contributed by atoms with van der Waals surface area (Å²) >= 11 is 0. The van der Waals surface area contributed by atoms with Gasteiger partial charge >= 0.3 is 0 Å². The molecule has 1 heterocycles. The van der Waals surface area contributed by atoms with Crippen LogP contribution in [-0.2, 0) is 14.3 Å². The fourth-order valence-corrected chi connectivity index (χ4v) is 1.66. The Kier molecular flexibility index (Phi) is 3.45. The minimum absolute atomic E-state index is 0.164. The monoisotopic (exact) mass is 186 g/mol. The first kappa shape index (κ1) is 10.7. The lowest BCUT2D eigenvalue weighted by molar-refractivity contribution is -0.213. The molecule has 76 valence electrons. The molecule has 0 aromatic carbocycles. The summed E-state index contributed by atoms with van der Waals surface area (Å²) in [6.07, 6.45) is 2.55. The number of carbonyl (C=O) groups excluding carboxylic acids is 1. The van der Waals surface area contributed by atoms with Crippen molar-refractivity contribution in [3.8, 4) is 0 Å². The van der Waals surface area contributed by atoms with E-state index in [9.17, 15) is 4.79 Å². The molecule has 0 radical (unpaired) electrons. The number of hydrogen-bond donors (Lipinski definition) is 0. The third kappa shape index (κ3) is 2.29. The fraction of sp³-hybridized carbons (Fsp3) is 0.900. The molecule has 1 aliphatic heterocycles. The van der Waals surface area contributed by atoms with Crippen molar-refractivity contribution in [1.29, 1.82) is 0 Å². The number of aldehydes is 1. The van der Waals surface area contributed by atoms with Crippen LogP contribution in [-0.4, -0.2) is 24.8 Å². The van der Waals surface area contributed by atoms with E-state index in [0.717, 1.165) is 12.7 Å². The summed E-state index contributed by atoms with van der Waals surface area (Å²) in [6.45, 7) is 6.58. The summed E-state index contributed by atoms with van der Waals surface area (Å²) < 4.78 is 10.9. The second-order valence-electron chi connectivity index (χ2n) is 3.80. The summed E-state index contributed by atoms with van der Waals surface area (Å²) in [5.74, 6) is -0.494. The Balaban J connectivity index is 2.57. The van der Waals surface area contributed by atoms with Crippen LogP contribution in [0.2, 0.25) is 0 Å². The molecule has 0 aromatic heterocycles. The molecule has 0 amide bonds. The van der Waals surface area contributed by atoms with Gasteiger partial charge in [0.2, 0.25) is 5.79 Å². The van der Waals surface area contributed by atoms with Crippen molar-refractivity contribution >= 4 is 6.29 Å². The maximum Gasteiger partial charge on any atom is 0.226 e. The van der Waals surface area contributed by atoms with Gasteiger partial charge in [0.15, 0.2) is 6.29 Å². The number of rotatable bonds is 4. The molecule has 1 saturated heterocycles. The molecule has 2 atom stereocenters. The van der Waals surface area contributed by atoms with E-state index >= 15 is 0 Å². The van der Waals surface area contributed by atoms with Crippen molar-refractivity contribution in [2.24, 2.45) is 5.92 Å². The van der Waals surface area contributed by atoms with Gasteiger partial charge in [-0.15, -0.1) is 0 Å². The second-order valence-corrected chi connectivity index (χ2v) is 3.80. The summed E-state index contributed by atoms with van der Waals surface area (Å²) in [4.78, 5) is 10.8. The Hall–Kier alpha value is -0.410. The molecule has 0 saturated carbocycles. The summed E-state index contributed by atoms with van der Waals surface area (Å²) in [5, 5.41) is 0. The van der Waals surface area contributed by atoms with Crippen LogP contribution in [0.15, 0.2) is 0 Å². The highest BCUT2D eigenvalue weighted by Crippen LogP contribution is 2.33. The minimum atomic E-state index is -0.941. The van der Waals surface area contributed by atoms with Gasteiger partial charge in [0.25, 0.3) is 0 Å². The highest BCUT2D eigenvalue weighted by atomic mass is 16.7. The van der Waals surface area contributed by atoms with E-state index in [-0.39, 0.29) is 6.10 Å². The van der Waals surface area contributed by atoms with Crippen molar-refractivity contribution < 1.29 is 14.3 Å². The maximum absolute atomic E-state index is 10.8. The van der Waals surface area contributed by atoms with E-state index in [1.807, 2.05) is 6.92 Å². The van der Waals surface area contributed by atoms with E-state index in [1.165, 1.54) is 0 Å². The summed E-state index contributed by atoms with van der Waals surface area (Å²) in [7, 11) is 0. The van der Waals surface area contributed by atoms with Gasteiger partial charge in [0.05, 0.1) is 6.10 Å². The van der Waals surface area contributed by atoms with E-state index < -0.39 is 5.79 Å². The number of carbonyl (C=O) groups is 1. The van der Waals surface area contributed by atoms with Crippen molar-refractivity contribution in [3.63, 3.8) is 0 Å². The minimum Gasteiger partial charge on any atom is -0.344 e. The molecule has 0 aromatic rings. The van der Waals surface area contributed by atoms with E-state index in [2.05, 4.69) is 13.8 Å². The molecule has 0 aliphatic carbocycles. The number of hydrogen-bond acceptors (Lipinski definition) is 3. The summed E-state index contributed by atoms with van der Waals surface area (Å²) in [5.41, 5.74) is 0. The Morgan fingerprint density at radius 1 is 1.69 bits per heavy atom. The van der Waals surface area contributed by atoms with E-state index in [0.29, 0.717) is 18.9 Å². The zero-order chi connectivity index (χ0) is 9.90. The lowest BCUT2D eigenvalue weighted by Gasteiger charge is -2.24. The molecule has 0 spiro atoms. The zero-order valence-electron chi connectivity index (χ0n) is 8.58. The Labute approximate surface area is 79.4 Å². The Bertz CT molecular complexity index is 179. The third-order valence-corrected chi connectivity index (χ3v) is 2.44. The largest absolute Gasteiger partial charge is 0.344 e. The highest BCUT2D eigenvalue weighted by Gasteiger charge is 2.41. The van der Waals surface area contributed by atoms with Crippen LogP contribution < -0.4 is 0 Å². The molecule has 3 nitrogen and oxygen atoms in total. The molecular weight excluding hydrogens is 168 g/mol. The first-order chi connectivity index (χ1) is 6.13. The van der Waals surface area contributed by atoms with Crippen LogP contribution in [0.4, 0.5) is 0 Å². The average Bonchev–Trinajstić information content (AvgIpc) is 2.51. The van der Waals surface area contributed by atoms with Gasteiger partial charge in [0, 0.05) is 13.0 Å². The normalized spacial score (nSPS) is 34.0. The molecular formula is C10H18O3. The maximum atomic E-state index is 10.8. The smallest absolute Gasteiger partial charge is 0.226 e. The molecule has 1 rings (SSSR count). The van der Waals surface area contributed by atoms with Crippen molar-refractivity contribution in [3.05, 3.63) is 0 Å². The zero-order valence-corrected chi connectivity index (χ0v) is 8.58. The molecule has 1 aliphatic rings. The number of ether oxygens (including phenoxy) is 2. The first-order valence-electron chi connectivity index (χ1n) is 4.91. The van der Waals surface area contributed by atoms with E-state index in [4.69, 9.17) is 9.47 Å². The topological polar surface area (TPSA) is 35.5 Å². The standard InChI is InChI=1S/C10H18O3/c1-4-12-10(7-11)6-5-9(13-10)8(2)3/h7-9H,4-6H2,1-3H3. The van der Waals surface area contributed by atoms with Crippen LogP contribution in [0.5, 0.6) is 0 Å². The van der Waals surface area contributed by atoms with Crippen molar-refractivity contribution in [2.45, 2.75) is 45.5 Å².